The van der Waals surface area contributed by atoms with Gasteiger partial charge in [0, 0.05) is 5.56 Å². The van der Waals surface area contributed by atoms with Crippen molar-refractivity contribution in [2.75, 3.05) is 0 Å². The number of ketones is 1. The first-order valence-corrected chi connectivity index (χ1v) is 5.94. The summed E-state index contributed by atoms with van der Waals surface area (Å²) in [5, 5.41) is 20.1. The number of nitrogens with zero attached hydrogens (tertiary/aromatic N) is 4. The number of fused-ring (bicyclic) bond motifs is 1. The largest absolute Gasteiger partial charge is 0.409 e. The number of aromatic nitrogens is 3. The fourth-order valence-corrected chi connectivity index (χ4v) is 1.93. The highest BCUT2D eigenvalue weighted by atomic mass is 16.4. The van der Waals surface area contributed by atoms with E-state index in [1.54, 1.807) is 48.5 Å². The van der Waals surface area contributed by atoms with Crippen molar-refractivity contribution in [1.82, 2.24) is 15.0 Å². The quantitative estimate of drug-likeness (QED) is 0.253. The van der Waals surface area contributed by atoms with Crippen LogP contribution in [0.15, 0.2) is 59.8 Å². The first-order chi connectivity index (χ1) is 9.81. The lowest BCUT2D eigenvalue weighted by Crippen LogP contribution is -2.24. The zero-order chi connectivity index (χ0) is 13.9. The van der Waals surface area contributed by atoms with Crippen LogP contribution in [0.3, 0.4) is 0 Å². The molecule has 0 unspecified atom stereocenters. The van der Waals surface area contributed by atoms with Gasteiger partial charge in [-0.05, 0) is 12.1 Å². The van der Waals surface area contributed by atoms with Gasteiger partial charge >= 0.3 is 0 Å². The van der Waals surface area contributed by atoms with Gasteiger partial charge in [-0.25, -0.2) is 0 Å². The third-order valence-corrected chi connectivity index (χ3v) is 2.89. The summed E-state index contributed by atoms with van der Waals surface area (Å²) in [6, 6.07) is 15.7. The van der Waals surface area contributed by atoms with Crippen molar-refractivity contribution in [2.24, 2.45) is 5.16 Å². The maximum Gasteiger partial charge on any atom is 0.242 e. The number of rotatable bonds is 2. The van der Waals surface area contributed by atoms with Crippen LogP contribution in [-0.4, -0.2) is 31.8 Å². The molecular weight excluding hydrogens is 256 g/mol. The van der Waals surface area contributed by atoms with Crippen LogP contribution < -0.4 is 0 Å². The molecule has 0 spiro atoms. The number of carbonyl (C=O) groups excluding carboxylic acids is 1. The monoisotopic (exact) mass is 266 g/mol. The molecule has 0 fully saturated rings. The standard InChI is InChI=1S/C14H10N4O2/c19-13(10-6-2-1-3-7-10)14(16-20)18-12-9-5-4-8-11(12)15-17-18/h1-9,20H. The number of hydrogen-bond donors (Lipinski definition) is 1. The third-order valence-electron chi connectivity index (χ3n) is 2.89. The van der Waals surface area contributed by atoms with Gasteiger partial charge in [0.15, 0.2) is 0 Å². The smallest absolute Gasteiger partial charge is 0.242 e. The van der Waals surface area contributed by atoms with Gasteiger partial charge in [0.2, 0.25) is 11.6 Å². The molecule has 20 heavy (non-hydrogen) atoms. The highest BCUT2D eigenvalue weighted by Gasteiger charge is 2.20. The number of oxime groups is 1. The minimum Gasteiger partial charge on any atom is -0.409 e. The van der Waals surface area contributed by atoms with Crippen LogP contribution in [0, 0.1) is 0 Å². The van der Waals surface area contributed by atoms with Gasteiger partial charge in [0.1, 0.15) is 5.52 Å². The lowest BCUT2D eigenvalue weighted by atomic mass is 10.1. The highest BCUT2D eigenvalue weighted by molar-refractivity contribution is 6.46. The summed E-state index contributed by atoms with van der Waals surface area (Å²) in [7, 11) is 0. The van der Waals surface area contributed by atoms with Gasteiger partial charge in [-0.2, -0.15) is 4.68 Å². The normalized spacial score (nSPS) is 11.7. The second-order valence-electron chi connectivity index (χ2n) is 4.11. The van der Waals surface area contributed by atoms with Gasteiger partial charge in [-0.1, -0.05) is 52.8 Å². The Morgan fingerprint density at radius 2 is 1.75 bits per heavy atom. The second kappa shape index (κ2) is 4.93. The molecule has 0 aliphatic carbocycles. The Kier molecular flexibility index (Phi) is 2.96. The molecule has 0 saturated carbocycles. The van der Waals surface area contributed by atoms with Crippen molar-refractivity contribution in [3.05, 3.63) is 60.2 Å². The minimum absolute atomic E-state index is 0.190. The summed E-state index contributed by atoms with van der Waals surface area (Å²) in [6.45, 7) is 0. The number of benzene rings is 2. The van der Waals surface area contributed by atoms with E-state index in [4.69, 9.17) is 5.21 Å². The maximum atomic E-state index is 12.3. The molecule has 0 saturated heterocycles. The predicted molar refractivity (Wildman–Crippen MR) is 72.9 cm³/mol. The van der Waals surface area contributed by atoms with Crippen LogP contribution >= 0.6 is 0 Å². The molecular formula is C14H10N4O2. The van der Waals surface area contributed by atoms with E-state index in [-0.39, 0.29) is 5.84 Å². The SMILES string of the molecule is O=C(C(=NO)n1nnc2ccccc21)c1ccccc1. The second-order valence-corrected chi connectivity index (χ2v) is 4.11. The topological polar surface area (TPSA) is 80.4 Å². The molecule has 1 aromatic heterocycles. The Bertz CT molecular complexity index is 793. The Labute approximate surface area is 114 Å². The van der Waals surface area contributed by atoms with Gasteiger partial charge in [-0.15, -0.1) is 5.10 Å². The van der Waals surface area contributed by atoms with Crippen LogP contribution in [-0.2, 0) is 0 Å². The molecule has 0 aliphatic heterocycles. The van der Waals surface area contributed by atoms with Crippen molar-refractivity contribution in [2.45, 2.75) is 0 Å². The van der Waals surface area contributed by atoms with Crippen LogP contribution in [0.4, 0.5) is 0 Å². The summed E-state index contributed by atoms with van der Waals surface area (Å²) < 4.78 is 1.23. The summed E-state index contributed by atoms with van der Waals surface area (Å²) in [6.07, 6.45) is 0. The molecule has 0 aliphatic rings. The fraction of sp³-hybridized carbons (Fsp3) is 0. The Hall–Kier alpha value is -3.02. The molecule has 2 aromatic carbocycles. The number of carbonyl (C=O) groups is 1. The zero-order valence-electron chi connectivity index (χ0n) is 10.3. The van der Waals surface area contributed by atoms with Gasteiger partial charge in [0.05, 0.1) is 5.52 Å². The third kappa shape index (κ3) is 1.93. The first kappa shape index (κ1) is 12.0. The van der Waals surface area contributed by atoms with Crippen LogP contribution in [0.25, 0.3) is 11.0 Å². The summed E-state index contributed by atoms with van der Waals surface area (Å²) in [4.78, 5) is 12.3. The van der Waals surface area contributed by atoms with Crippen LogP contribution in [0.1, 0.15) is 10.4 Å². The molecule has 1 N–H and O–H groups in total. The average molecular weight is 266 g/mol. The number of Topliss-reactive ketones (excluding diaryl/α,β-unsaturated/α-hetero) is 1. The Balaban J connectivity index is 2.09. The van der Waals surface area contributed by atoms with E-state index >= 15 is 0 Å². The zero-order valence-corrected chi connectivity index (χ0v) is 10.3. The molecule has 6 heteroatoms. The summed E-state index contributed by atoms with van der Waals surface area (Å²) in [5.41, 5.74) is 1.64. The molecule has 0 atom stereocenters. The maximum absolute atomic E-state index is 12.3. The van der Waals surface area contributed by atoms with Gasteiger partial charge < -0.3 is 5.21 Å². The fourth-order valence-electron chi connectivity index (χ4n) is 1.93. The van der Waals surface area contributed by atoms with E-state index in [1.807, 2.05) is 6.07 Å². The van der Waals surface area contributed by atoms with Crippen molar-refractivity contribution < 1.29 is 10.0 Å². The molecule has 0 bridgehead atoms. The van der Waals surface area contributed by atoms with Crippen molar-refractivity contribution in [3.63, 3.8) is 0 Å². The van der Waals surface area contributed by atoms with E-state index in [1.165, 1.54) is 4.68 Å². The molecule has 0 amide bonds. The Morgan fingerprint density at radius 3 is 2.50 bits per heavy atom. The summed E-state index contributed by atoms with van der Waals surface area (Å²) >= 11 is 0. The average Bonchev–Trinajstić information content (AvgIpc) is 2.93. The molecule has 3 rings (SSSR count). The van der Waals surface area contributed by atoms with Crippen molar-refractivity contribution in [1.29, 1.82) is 0 Å². The number of hydrogen-bond acceptors (Lipinski definition) is 5. The summed E-state index contributed by atoms with van der Waals surface area (Å²) in [5.74, 6) is -0.617. The minimum atomic E-state index is -0.427. The predicted octanol–water partition coefficient (Wildman–Crippen LogP) is 1.95. The van der Waals surface area contributed by atoms with E-state index in [9.17, 15) is 4.79 Å². The van der Waals surface area contributed by atoms with Crippen LogP contribution in [0.5, 0.6) is 0 Å². The highest BCUT2D eigenvalue weighted by Crippen LogP contribution is 2.11. The molecule has 6 nitrogen and oxygen atoms in total. The van der Waals surface area contributed by atoms with Crippen molar-refractivity contribution >= 4 is 22.7 Å². The van der Waals surface area contributed by atoms with E-state index in [2.05, 4.69) is 15.5 Å². The number of para-hydroxylation sites is 1. The van der Waals surface area contributed by atoms with Gasteiger partial charge in [0.25, 0.3) is 0 Å². The van der Waals surface area contributed by atoms with Gasteiger partial charge in [-0.3, -0.25) is 4.79 Å². The molecule has 3 aromatic rings. The lowest BCUT2D eigenvalue weighted by molar-refractivity contribution is 0.105. The molecule has 1 heterocycles. The van der Waals surface area contributed by atoms with Crippen LogP contribution in [0.2, 0.25) is 0 Å². The molecule has 98 valence electrons. The van der Waals surface area contributed by atoms with Crippen molar-refractivity contribution in [3.8, 4) is 0 Å². The Morgan fingerprint density at radius 1 is 1.05 bits per heavy atom. The first-order valence-electron chi connectivity index (χ1n) is 5.94. The molecule has 0 radical (unpaired) electrons. The van der Waals surface area contributed by atoms with E-state index in [0.717, 1.165) is 0 Å². The lowest BCUT2D eigenvalue weighted by Gasteiger charge is -2.03. The van der Waals surface area contributed by atoms with E-state index < -0.39 is 5.78 Å². The van der Waals surface area contributed by atoms with E-state index in [0.29, 0.717) is 16.6 Å².